The van der Waals surface area contributed by atoms with E-state index in [2.05, 4.69) is 23.6 Å². The number of carbonyl (C=O) groups is 1. The second-order valence-corrected chi connectivity index (χ2v) is 9.70. The molecule has 1 amide bonds. The van der Waals surface area contributed by atoms with Crippen LogP contribution in [0.1, 0.15) is 49.9 Å². The van der Waals surface area contributed by atoms with E-state index in [1.165, 1.54) is 0 Å². The van der Waals surface area contributed by atoms with Crippen molar-refractivity contribution in [1.82, 2.24) is 14.7 Å². The molecule has 32 heavy (non-hydrogen) atoms. The molecule has 3 aliphatic rings. The minimum absolute atomic E-state index is 0.0246. The first-order valence-corrected chi connectivity index (χ1v) is 12.1. The number of likely N-dealkylation sites (tertiary alicyclic amines) is 1. The summed E-state index contributed by atoms with van der Waals surface area (Å²) in [6, 6.07) is 6.61. The Labute approximate surface area is 192 Å². The molecule has 3 fully saturated rings. The van der Waals surface area contributed by atoms with Crippen LogP contribution in [0.15, 0.2) is 18.2 Å². The van der Waals surface area contributed by atoms with E-state index in [9.17, 15) is 4.79 Å². The third-order valence-corrected chi connectivity index (χ3v) is 7.66. The zero-order valence-electron chi connectivity index (χ0n) is 20.1. The minimum Gasteiger partial charge on any atom is -0.497 e. The molecule has 178 valence electrons. The first-order valence-electron chi connectivity index (χ1n) is 12.1. The first kappa shape index (κ1) is 23.3. The zero-order valence-corrected chi connectivity index (χ0v) is 20.1. The SMILES string of the molecule is COc1ccc(C(=O)N2CCC3(CC2)C[C@@H](N2CCN(C(C)C)CC2)CCO3)c(OC)c1. The van der Waals surface area contributed by atoms with Gasteiger partial charge in [0.15, 0.2) is 0 Å². The quantitative estimate of drug-likeness (QED) is 0.695. The van der Waals surface area contributed by atoms with Gasteiger partial charge in [-0.25, -0.2) is 0 Å². The van der Waals surface area contributed by atoms with Crippen LogP contribution in [0.4, 0.5) is 0 Å². The molecule has 1 aromatic rings. The van der Waals surface area contributed by atoms with Gasteiger partial charge >= 0.3 is 0 Å². The summed E-state index contributed by atoms with van der Waals surface area (Å²) in [5.41, 5.74) is 0.508. The molecule has 1 spiro atoms. The normalized spacial score (nSPS) is 24.7. The zero-order chi connectivity index (χ0) is 22.7. The largest absolute Gasteiger partial charge is 0.497 e. The number of piperidine rings is 1. The maximum Gasteiger partial charge on any atom is 0.257 e. The van der Waals surface area contributed by atoms with E-state index >= 15 is 0 Å². The fourth-order valence-electron chi connectivity index (χ4n) is 5.54. The van der Waals surface area contributed by atoms with Crippen molar-refractivity contribution < 1.29 is 19.0 Å². The molecule has 0 unspecified atom stereocenters. The highest BCUT2D eigenvalue weighted by Gasteiger charge is 2.43. The first-order chi connectivity index (χ1) is 15.4. The predicted molar refractivity (Wildman–Crippen MR) is 125 cm³/mol. The lowest BCUT2D eigenvalue weighted by Gasteiger charge is -2.50. The number of ether oxygens (including phenoxy) is 3. The number of hydrogen-bond acceptors (Lipinski definition) is 6. The molecule has 0 radical (unpaired) electrons. The molecule has 7 nitrogen and oxygen atoms in total. The number of benzene rings is 1. The van der Waals surface area contributed by atoms with Crippen LogP contribution in [-0.2, 0) is 4.74 Å². The van der Waals surface area contributed by atoms with Gasteiger partial charge in [0, 0.05) is 64.0 Å². The molecule has 0 bridgehead atoms. The predicted octanol–water partition coefficient (Wildman–Crippen LogP) is 2.88. The minimum atomic E-state index is -0.0845. The van der Waals surface area contributed by atoms with Crippen LogP contribution in [0.5, 0.6) is 11.5 Å². The van der Waals surface area contributed by atoms with Crippen LogP contribution in [0.2, 0.25) is 0 Å². The van der Waals surface area contributed by atoms with E-state index in [0.29, 0.717) is 29.1 Å². The number of methoxy groups -OCH3 is 2. The summed E-state index contributed by atoms with van der Waals surface area (Å²) in [4.78, 5) is 20.4. The molecule has 0 N–H and O–H groups in total. The highest BCUT2D eigenvalue weighted by molar-refractivity contribution is 5.97. The van der Waals surface area contributed by atoms with Gasteiger partial charge in [0.2, 0.25) is 0 Å². The van der Waals surface area contributed by atoms with Crippen LogP contribution >= 0.6 is 0 Å². The van der Waals surface area contributed by atoms with Crippen LogP contribution in [0, 0.1) is 0 Å². The van der Waals surface area contributed by atoms with E-state index in [0.717, 1.165) is 71.6 Å². The van der Waals surface area contributed by atoms with Crippen LogP contribution < -0.4 is 9.47 Å². The van der Waals surface area contributed by atoms with E-state index in [1.807, 2.05) is 11.0 Å². The molecule has 0 aliphatic carbocycles. The molecular formula is C25H39N3O4. The van der Waals surface area contributed by atoms with Crippen molar-refractivity contribution in [3.8, 4) is 11.5 Å². The Bertz CT molecular complexity index is 783. The molecule has 0 saturated carbocycles. The van der Waals surface area contributed by atoms with E-state index in [1.54, 1.807) is 26.4 Å². The number of rotatable bonds is 5. The van der Waals surface area contributed by atoms with Gasteiger partial charge in [0.05, 0.1) is 25.4 Å². The number of nitrogens with zero attached hydrogens (tertiary/aromatic N) is 3. The fourth-order valence-corrected chi connectivity index (χ4v) is 5.54. The maximum atomic E-state index is 13.2. The molecule has 7 heteroatoms. The lowest BCUT2D eigenvalue weighted by atomic mass is 9.81. The Morgan fingerprint density at radius 1 is 1.06 bits per heavy atom. The number of piperazine rings is 1. The summed E-state index contributed by atoms with van der Waals surface area (Å²) in [5.74, 6) is 1.27. The summed E-state index contributed by atoms with van der Waals surface area (Å²) in [6.45, 7) is 11.5. The van der Waals surface area contributed by atoms with E-state index < -0.39 is 0 Å². The molecular weight excluding hydrogens is 406 g/mol. The van der Waals surface area contributed by atoms with Gasteiger partial charge in [-0.3, -0.25) is 14.6 Å². The number of carbonyl (C=O) groups excluding carboxylic acids is 1. The van der Waals surface area contributed by atoms with Crippen LogP contribution in [0.25, 0.3) is 0 Å². The molecule has 0 aromatic heterocycles. The lowest BCUT2D eigenvalue weighted by Crippen LogP contribution is -2.58. The lowest BCUT2D eigenvalue weighted by molar-refractivity contribution is -0.132. The van der Waals surface area contributed by atoms with Gasteiger partial charge in [-0.15, -0.1) is 0 Å². The average molecular weight is 446 g/mol. The van der Waals surface area contributed by atoms with Crippen molar-refractivity contribution in [2.24, 2.45) is 0 Å². The monoisotopic (exact) mass is 445 g/mol. The third kappa shape index (κ3) is 4.90. The highest BCUT2D eigenvalue weighted by atomic mass is 16.5. The summed E-state index contributed by atoms with van der Waals surface area (Å²) in [7, 11) is 3.20. The van der Waals surface area contributed by atoms with Crippen molar-refractivity contribution in [2.75, 3.05) is 60.1 Å². The van der Waals surface area contributed by atoms with Crippen molar-refractivity contribution in [3.63, 3.8) is 0 Å². The van der Waals surface area contributed by atoms with Crippen molar-refractivity contribution in [3.05, 3.63) is 23.8 Å². The summed E-state index contributed by atoms with van der Waals surface area (Å²) in [6.07, 6.45) is 4.01. The number of hydrogen-bond donors (Lipinski definition) is 0. The van der Waals surface area contributed by atoms with Gasteiger partial charge in [-0.2, -0.15) is 0 Å². The van der Waals surface area contributed by atoms with E-state index in [4.69, 9.17) is 14.2 Å². The van der Waals surface area contributed by atoms with Gasteiger partial charge < -0.3 is 19.1 Å². The highest BCUT2D eigenvalue weighted by Crippen LogP contribution is 2.38. The standard InChI is InChI=1S/C25H39N3O4/c1-19(2)26-12-14-27(15-13-26)20-7-16-32-25(18-20)8-10-28(11-9-25)24(29)22-6-5-21(30-3)17-23(22)31-4/h5-6,17,19-20H,7-16,18H2,1-4H3/t20-/m0/s1. The van der Waals surface area contributed by atoms with Gasteiger partial charge in [0.1, 0.15) is 11.5 Å². The van der Waals surface area contributed by atoms with Gasteiger partial charge in [-0.1, -0.05) is 0 Å². The van der Waals surface area contributed by atoms with Crippen LogP contribution in [0.3, 0.4) is 0 Å². The molecule has 1 atom stereocenters. The Kier molecular flexibility index (Phi) is 7.27. The second-order valence-electron chi connectivity index (χ2n) is 9.70. The summed E-state index contributed by atoms with van der Waals surface area (Å²) >= 11 is 0. The van der Waals surface area contributed by atoms with E-state index in [-0.39, 0.29) is 11.5 Å². The van der Waals surface area contributed by atoms with Crippen molar-refractivity contribution >= 4 is 5.91 Å². The van der Waals surface area contributed by atoms with Gasteiger partial charge in [0.25, 0.3) is 5.91 Å². The molecule has 3 saturated heterocycles. The third-order valence-electron chi connectivity index (χ3n) is 7.66. The second kappa shape index (κ2) is 9.98. The molecule has 4 rings (SSSR count). The number of amides is 1. The fraction of sp³-hybridized carbons (Fsp3) is 0.720. The topological polar surface area (TPSA) is 54.5 Å². The Hall–Kier alpha value is -1.83. The maximum absolute atomic E-state index is 13.2. The molecule has 3 aliphatic heterocycles. The summed E-state index contributed by atoms with van der Waals surface area (Å²) < 4.78 is 17.1. The Morgan fingerprint density at radius 3 is 2.41 bits per heavy atom. The molecule has 1 aromatic carbocycles. The Morgan fingerprint density at radius 2 is 1.78 bits per heavy atom. The average Bonchev–Trinajstić information content (AvgIpc) is 2.83. The van der Waals surface area contributed by atoms with Crippen LogP contribution in [-0.4, -0.2) is 98.4 Å². The van der Waals surface area contributed by atoms with Gasteiger partial charge in [-0.05, 0) is 51.7 Å². The van der Waals surface area contributed by atoms with Crippen molar-refractivity contribution in [2.45, 2.75) is 57.2 Å². The molecule has 3 heterocycles. The summed E-state index contributed by atoms with van der Waals surface area (Å²) in [5, 5.41) is 0. The smallest absolute Gasteiger partial charge is 0.257 e. The Balaban J connectivity index is 1.35. The van der Waals surface area contributed by atoms with Crippen molar-refractivity contribution in [1.29, 1.82) is 0 Å².